The maximum absolute atomic E-state index is 11.1. The molecule has 0 atom stereocenters. The van der Waals surface area contributed by atoms with E-state index in [-0.39, 0.29) is 5.56 Å². The van der Waals surface area contributed by atoms with Crippen LogP contribution in [0.25, 0.3) is 11.3 Å². The molecule has 0 saturated heterocycles. The monoisotopic (exact) mass is 214 g/mol. The number of aromatic carboxylic acids is 1. The Morgan fingerprint density at radius 2 is 2.00 bits per heavy atom. The second-order valence-corrected chi connectivity index (χ2v) is 3.29. The highest BCUT2D eigenvalue weighted by molar-refractivity contribution is 5.99. The first-order chi connectivity index (χ1) is 7.70. The molecule has 0 fully saturated rings. The molecule has 4 nitrogen and oxygen atoms in total. The lowest BCUT2D eigenvalue weighted by Crippen LogP contribution is -2.03. The molecule has 0 bridgehead atoms. The molecule has 0 saturated carbocycles. The second-order valence-electron chi connectivity index (χ2n) is 3.29. The average Bonchev–Trinajstić information content (AvgIpc) is 2.29. The van der Waals surface area contributed by atoms with Gasteiger partial charge in [-0.15, -0.1) is 0 Å². The van der Waals surface area contributed by atoms with E-state index in [1.54, 1.807) is 36.5 Å². The van der Waals surface area contributed by atoms with Crippen LogP contribution < -0.4 is 5.73 Å². The highest BCUT2D eigenvalue weighted by atomic mass is 16.4. The molecular weight excluding hydrogens is 204 g/mol. The quantitative estimate of drug-likeness (QED) is 0.750. The zero-order valence-corrected chi connectivity index (χ0v) is 8.42. The summed E-state index contributed by atoms with van der Waals surface area (Å²) in [7, 11) is 0. The summed E-state index contributed by atoms with van der Waals surface area (Å²) in [6, 6.07) is 10.1. The van der Waals surface area contributed by atoms with Crippen molar-refractivity contribution in [1.29, 1.82) is 0 Å². The zero-order valence-electron chi connectivity index (χ0n) is 8.42. The van der Waals surface area contributed by atoms with Crippen molar-refractivity contribution >= 4 is 11.7 Å². The fourth-order valence-electron chi connectivity index (χ4n) is 1.54. The Bertz CT molecular complexity index is 524. The number of nitrogen functional groups attached to an aromatic ring is 1. The fraction of sp³-hybridized carbons (Fsp3) is 0. The Morgan fingerprint density at radius 3 is 2.62 bits per heavy atom. The molecule has 0 aliphatic rings. The first-order valence-corrected chi connectivity index (χ1v) is 4.73. The van der Waals surface area contributed by atoms with Crippen molar-refractivity contribution in [3.8, 4) is 11.3 Å². The first-order valence-electron chi connectivity index (χ1n) is 4.73. The van der Waals surface area contributed by atoms with E-state index in [9.17, 15) is 4.79 Å². The molecule has 1 aromatic heterocycles. The van der Waals surface area contributed by atoms with Crippen molar-refractivity contribution < 1.29 is 9.90 Å². The lowest BCUT2D eigenvalue weighted by Gasteiger charge is -2.08. The number of nitrogens with zero attached hydrogens (tertiary/aromatic N) is 1. The van der Waals surface area contributed by atoms with Gasteiger partial charge in [0.1, 0.15) is 0 Å². The van der Waals surface area contributed by atoms with Gasteiger partial charge in [-0.1, -0.05) is 12.1 Å². The number of carboxylic acid groups (broad SMARTS) is 1. The van der Waals surface area contributed by atoms with Gasteiger partial charge in [0.25, 0.3) is 0 Å². The number of carboxylic acids is 1. The van der Waals surface area contributed by atoms with E-state index in [1.165, 1.54) is 6.07 Å². The average molecular weight is 214 g/mol. The van der Waals surface area contributed by atoms with Gasteiger partial charge in [-0.2, -0.15) is 0 Å². The number of hydrogen-bond donors (Lipinski definition) is 2. The molecule has 2 rings (SSSR count). The van der Waals surface area contributed by atoms with Crippen LogP contribution in [0.15, 0.2) is 42.6 Å². The number of aromatic nitrogens is 1. The Hall–Kier alpha value is -2.36. The smallest absolute Gasteiger partial charge is 0.336 e. The third-order valence-corrected chi connectivity index (χ3v) is 2.25. The second kappa shape index (κ2) is 4.02. The number of hydrogen-bond acceptors (Lipinski definition) is 3. The lowest BCUT2D eigenvalue weighted by atomic mass is 10.0. The summed E-state index contributed by atoms with van der Waals surface area (Å²) >= 11 is 0. The highest BCUT2D eigenvalue weighted by Crippen LogP contribution is 2.27. The minimum atomic E-state index is -1.01. The molecule has 0 unspecified atom stereocenters. The van der Waals surface area contributed by atoms with E-state index >= 15 is 0 Å². The number of anilines is 1. The maximum Gasteiger partial charge on any atom is 0.336 e. The summed E-state index contributed by atoms with van der Waals surface area (Å²) in [5.41, 5.74) is 7.40. The van der Waals surface area contributed by atoms with Gasteiger partial charge in [0.05, 0.1) is 11.3 Å². The highest BCUT2D eigenvalue weighted by Gasteiger charge is 2.14. The van der Waals surface area contributed by atoms with Crippen molar-refractivity contribution in [2.75, 3.05) is 5.73 Å². The molecule has 16 heavy (non-hydrogen) atoms. The summed E-state index contributed by atoms with van der Waals surface area (Å²) < 4.78 is 0. The Kier molecular flexibility index (Phi) is 2.55. The molecule has 1 aromatic carbocycles. The van der Waals surface area contributed by atoms with Gasteiger partial charge in [-0.25, -0.2) is 4.79 Å². The van der Waals surface area contributed by atoms with Gasteiger partial charge in [-0.3, -0.25) is 4.98 Å². The van der Waals surface area contributed by atoms with Crippen molar-refractivity contribution in [2.24, 2.45) is 0 Å². The van der Waals surface area contributed by atoms with Gasteiger partial charge in [-0.05, 0) is 24.3 Å². The van der Waals surface area contributed by atoms with Crippen LogP contribution in [-0.4, -0.2) is 16.1 Å². The SMILES string of the molecule is Nc1cccc(C(=O)O)c1-c1ccccn1. The summed E-state index contributed by atoms with van der Waals surface area (Å²) in [6.45, 7) is 0. The van der Waals surface area contributed by atoms with E-state index in [0.29, 0.717) is 16.9 Å². The van der Waals surface area contributed by atoms with Crippen molar-refractivity contribution in [2.45, 2.75) is 0 Å². The molecular formula is C12H10N2O2. The molecule has 0 spiro atoms. The van der Waals surface area contributed by atoms with Crippen LogP contribution in [0, 0.1) is 0 Å². The molecule has 0 radical (unpaired) electrons. The maximum atomic E-state index is 11.1. The van der Waals surface area contributed by atoms with Crippen LogP contribution in [-0.2, 0) is 0 Å². The first kappa shape index (κ1) is 10.2. The normalized spacial score (nSPS) is 10.0. The number of rotatable bonds is 2. The van der Waals surface area contributed by atoms with Crippen LogP contribution in [0.2, 0.25) is 0 Å². The van der Waals surface area contributed by atoms with E-state index in [1.807, 2.05) is 0 Å². The molecule has 80 valence electrons. The molecule has 2 aromatic rings. The van der Waals surface area contributed by atoms with Crippen LogP contribution in [0.3, 0.4) is 0 Å². The van der Waals surface area contributed by atoms with E-state index < -0.39 is 5.97 Å². The topological polar surface area (TPSA) is 76.2 Å². The van der Waals surface area contributed by atoms with Gasteiger partial charge < -0.3 is 10.8 Å². The molecule has 0 amide bonds. The van der Waals surface area contributed by atoms with E-state index in [4.69, 9.17) is 10.8 Å². The van der Waals surface area contributed by atoms with Crippen LogP contribution in [0.1, 0.15) is 10.4 Å². The summed E-state index contributed by atoms with van der Waals surface area (Å²) in [5.74, 6) is -1.01. The predicted molar refractivity (Wildman–Crippen MR) is 61.0 cm³/mol. The Balaban J connectivity index is 2.68. The number of carbonyl (C=O) groups is 1. The minimum Gasteiger partial charge on any atom is -0.478 e. The lowest BCUT2D eigenvalue weighted by molar-refractivity contribution is 0.0697. The molecule has 0 aliphatic carbocycles. The molecule has 3 N–H and O–H groups in total. The van der Waals surface area contributed by atoms with Crippen molar-refractivity contribution in [3.63, 3.8) is 0 Å². The number of nitrogens with two attached hydrogens (primary N) is 1. The zero-order chi connectivity index (χ0) is 11.5. The van der Waals surface area contributed by atoms with E-state index in [0.717, 1.165) is 0 Å². The molecule has 4 heteroatoms. The summed E-state index contributed by atoms with van der Waals surface area (Å²) in [6.07, 6.45) is 1.60. The van der Waals surface area contributed by atoms with Crippen molar-refractivity contribution in [1.82, 2.24) is 4.98 Å². The number of pyridine rings is 1. The van der Waals surface area contributed by atoms with Crippen molar-refractivity contribution in [3.05, 3.63) is 48.2 Å². The van der Waals surface area contributed by atoms with Gasteiger partial charge in [0, 0.05) is 17.4 Å². The third kappa shape index (κ3) is 1.72. The Morgan fingerprint density at radius 1 is 1.19 bits per heavy atom. The van der Waals surface area contributed by atoms with E-state index in [2.05, 4.69) is 4.98 Å². The van der Waals surface area contributed by atoms with Gasteiger partial charge in [0.2, 0.25) is 0 Å². The Labute approximate surface area is 92.4 Å². The largest absolute Gasteiger partial charge is 0.478 e. The standard InChI is InChI=1S/C12H10N2O2/c13-9-5-3-4-8(12(15)16)11(9)10-6-1-2-7-14-10/h1-7H,13H2,(H,15,16). The van der Waals surface area contributed by atoms with Crippen LogP contribution >= 0.6 is 0 Å². The van der Waals surface area contributed by atoms with Crippen LogP contribution in [0.5, 0.6) is 0 Å². The fourth-order valence-corrected chi connectivity index (χ4v) is 1.54. The minimum absolute atomic E-state index is 0.165. The van der Waals surface area contributed by atoms with Gasteiger partial charge in [0.15, 0.2) is 0 Å². The summed E-state index contributed by atoms with van der Waals surface area (Å²) in [4.78, 5) is 15.2. The van der Waals surface area contributed by atoms with Crippen LogP contribution in [0.4, 0.5) is 5.69 Å². The predicted octanol–water partition coefficient (Wildman–Crippen LogP) is 2.03. The molecule has 0 aliphatic heterocycles. The summed E-state index contributed by atoms with van der Waals surface area (Å²) in [5, 5.41) is 9.07. The van der Waals surface area contributed by atoms with Gasteiger partial charge >= 0.3 is 5.97 Å². The molecule has 1 heterocycles. The third-order valence-electron chi connectivity index (χ3n) is 2.25. The number of benzene rings is 1.